The second kappa shape index (κ2) is 9.80. The van der Waals surface area contributed by atoms with E-state index in [9.17, 15) is 18.0 Å². The molecule has 1 aromatic carbocycles. The summed E-state index contributed by atoms with van der Waals surface area (Å²) < 4.78 is 42.1. The smallest absolute Gasteiger partial charge is 0.346 e. The summed E-state index contributed by atoms with van der Waals surface area (Å²) in [7, 11) is 2.06. The minimum Gasteiger partial charge on any atom is -0.346 e. The second-order valence-electron chi connectivity index (χ2n) is 9.11. The summed E-state index contributed by atoms with van der Waals surface area (Å²) >= 11 is 0. The maximum Gasteiger partial charge on any atom is 0.416 e. The average Bonchev–Trinajstić information content (AvgIpc) is 3.08. The molecule has 0 spiro atoms. The van der Waals surface area contributed by atoms with Crippen LogP contribution in [0.4, 0.5) is 13.2 Å². The zero-order valence-corrected chi connectivity index (χ0v) is 19.1. The highest BCUT2D eigenvalue weighted by Gasteiger charge is 2.33. The van der Waals surface area contributed by atoms with Crippen molar-refractivity contribution in [3.05, 3.63) is 47.0 Å². The minimum atomic E-state index is -4.37. The van der Waals surface area contributed by atoms with Crippen LogP contribution in [-0.4, -0.2) is 63.7 Å². The summed E-state index contributed by atoms with van der Waals surface area (Å²) in [6.45, 7) is 5.72. The third-order valence-electron chi connectivity index (χ3n) is 6.70. The molecule has 2 aromatic rings. The summed E-state index contributed by atoms with van der Waals surface area (Å²) in [4.78, 5) is 17.0. The summed E-state index contributed by atoms with van der Waals surface area (Å²) in [5.41, 5.74) is -0.304. The number of benzene rings is 1. The van der Waals surface area contributed by atoms with Crippen LogP contribution in [0.2, 0.25) is 0 Å². The van der Waals surface area contributed by atoms with Gasteiger partial charge in [0.1, 0.15) is 5.82 Å². The molecule has 1 amide bonds. The summed E-state index contributed by atoms with van der Waals surface area (Å²) in [5.74, 6) is 1.56. The molecule has 180 valence electrons. The first-order chi connectivity index (χ1) is 15.7. The molecule has 0 unspecified atom stereocenters. The number of amides is 1. The molecule has 0 saturated carbocycles. The van der Waals surface area contributed by atoms with E-state index in [2.05, 4.69) is 27.5 Å². The maximum atomic E-state index is 13.4. The van der Waals surface area contributed by atoms with Gasteiger partial charge in [-0.1, -0.05) is 18.2 Å². The third-order valence-corrected chi connectivity index (χ3v) is 6.70. The molecular weight excluding hydrogens is 433 g/mol. The quantitative estimate of drug-likeness (QED) is 0.737. The van der Waals surface area contributed by atoms with Gasteiger partial charge in [-0.15, -0.1) is 10.2 Å². The number of likely N-dealkylation sites (tertiary alicyclic amines) is 1. The lowest BCUT2D eigenvalue weighted by atomic mass is 9.96. The van der Waals surface area contributed by atoms with Crippen LogP contribution in [0.3, 0.4) is 0 Å². The minimum absolute atomic E-state index is 0.0133. The molecule has 3 heterocycles. The molecule has 1 aromatic heterocycles. The molecule has 2 aliphatic heterocycles. The highest BCUT2D eigenvalue weighted by atomic mass is 19.4. The zero-order valence-electron chi connectivity index (χ0n) is 19.1. The van der Waals surface area contributed by atoms with Gasteiger partial charge in [0.15, 0.2) is 5.82 Å². The average molecular weight is 465 g/mol. The Kier molecular flexibility index (Phi) is 7.04. The summed E-state index contributed by atoms with van der Waals surface area (Å²) in [6.07, 6.45) is -2.08. The van der Waals surface area contributed by atoms with Gasteiger partial charge >= 0.3 is 6.18 Å². The normalized spacial score (nSPS) is 19.7. The summed E-state index contributed by atoms with van der Waals surface area (Å²) in [5, 5.41) is 11.7. The number of nitrogens with one attached hydrogen (secondary N) is 1. The zero-order chi connectivity index (χ0) is 23.6. The van der Waals surface area contributed by atoms with Crippen LogP contribution < -0.4 is 5.32 Å². The Balaban J connectivity index is 1.39. The predicted octanol–water partition coefficient (Wildman–Crippen LogP) is 2.87. The molecule has 33 heavy (non-hydrogen) atoms. The van der Waals surface area contributed by atoms with Crippen LogP contribution in [0.15, 0.2) is 24.3 Å². The van der Waals surface area contributed by atoms with Crippen molar-refractivity contribution in [2.75, 3.05) is 33.2 Å². The van der Waals surface area contributed by atoms with E-state index < -0.39 is 11.7 Å². The first-order valence-electron chi connectivity index (χ1n) is 11.5. The van der Waals surface area contributed by atoms with Crippen molar-refractivity contribution in [2.24, 2.45) is 5.92 Å². The number of aromatic nitrogens is 3. The van der Waals surface area contributed by atoms with E-state index in [1.807, 2.05) is 16.4 Å². The van der Waals surface area contributed by atoms with E-state index in [4.69, 9.17) is 0 Å². The van der Waals surface area contributed by atoms with Gasteiger partial charge in [-0.25, -0.2) is 0 Å². The molecule has 1 fully saturated rings. The fraction of sp³-hybridized carbons (Fsp3) is 0.609. The van der Waals surface area contributed by atoms with Crippen LogP contribution in [0.25, 0.3) is 0 Å². The van der Waals surface area contributed by atoms with Gasteiger partial charge in [-0.05, 0) is 51.5 Å². The lowest BCUT2D eigenvalue weighted by Gasteiger charge is -2.29. The van der Waals surface area contributed by atoms with Crippen LogP contribution >= 0.6 is 0 Å². The van der Waals surface area contributed by atoms with Gasteiger partial charge in [-0.2, -0.15) is 13.2 Å². The van der Waals surface area contributed by atoms with Gasteiger partial charge in [0.2, 0.25) is 5.91 Å². The highest BCUT2D eigenvalue weighted by Crippen LogP contribution is 2.32. The van der Waals surface area contributed by atoms with Crippen molar-refractivity contribution in [2.45, 2.75) is 51.5 Å². The van der Waals surface area contributed by atoms with Crippen molar-refractivity contribution in [3.63, 3.8) is 0 Å². The second-order valence-corrected chi connectivity index (χ2v) is 9.11. The number of carbonyl (C=O) groups is 1. The first-order valence-corrected chi connectivity index (χ1v) is 11.5. The number of alkyl halides is 3. The van der Waals surface area contributed by atoms with Gasteiger partial charge in [0.25, 0.3) is 0 Å². The van der Waals surface area contributed by atoms with Gasteiger partial charge < -0.3 is 14.8 Å². The molecule has 10 heteroatoms. The molecule has 4 rings (SSSR count). The number of rotatable bonds is 5. The van der Waals surface area contributed by atoms with Crippen molar-refractivity contribution in [1.29, 1.82) is 0 Å². The number of carbonyl (C=O) groups excluding carboxylic acids is 1. The third kappa shape index (κ3) is 5.55. The number of piperidine rings is 1. The lowest BCUT2D eigenvalue weighted by Crippen LogP contribution is -2.40. The Morgan fingerprint density at radius 1 is 1.12 bits per heavy atom. The van der Waals surface area contributed by atoms with E-state index >= 15 is 0 Å². The monoisotopic (exact) mass is 464 g/mol. The van der Waals surface area contributed by atoms with E-state index in [1.54, 1.807) is 12.1 Å². The Morgan fingerprint density at radius 2 is 1.85 bits per heavy atom. The van der Waals surface area contributed by atoms with Crippen LogP contribution in [-0.2, 0) is 30.5 Å². The highest BCUT2D eigenvalue weighted by molar-refractivity contribution is 5.79. The standard InChI is InChI=1S/C23H31F3N6O/c1-16(27-22(33)17-7-10-30(2)11-8-17)21-29-28-20-9-12-31(13-14-32(20)21)15-18-5-3-4-6-19(18)23(24,25)26/h3-6,16-17H,7-15H2,1-2H3,(H,27,33)/t16-/m0/s1. The molecule has 2 aliphatic rings. The predicted molar refractivity (Wildman–Crippen MR) is 117 cm³/mol. The van der Waals surface area contributed by atoms with Gasteiger partial charge in [0, 0.05) is 38.5 Å². The number of halogens is 3. The fourth-order valence-corrected chi connectivity index (χ4v) is 4.71. The number of nitrogens with zero attached hydrogens (tertiary/aromatic N) is 5. The van der Waals surface area contributed by atoms with E-state index in [-0.39, 0.29) is 30.0 Å². The Morgan fingerprint density at radius 3 is 2.58 bits per heavy atom. The Labute approximate surface area is 192 Å². The first kappa shape index (κ1) is 23.7. The molecule has 0 radical (unpaired) electrons. The SMILES string of the molecule is C[C@H](NC(=O)C1CCN(C)CC1)c1nnc2n1CCN(Cc1ccccc1C(F)(F)F)CC2. The lowest BCUT2D eigenvalue weighted by molar-refractivity contribution is -0.138. The molecule has 1 N–H and O–H groups in total. The topological polar surface area (TPSA) is 66.3 Å². The molecule has 0 aliphatic carbocycles. The van der Waals surface area contributed by atoms with Gasteiger partial charge in [0.05, 0.1) is 11.6 Å². The van der Waals surface area contributed by atoms with E-state index in [0.29, 0.717) is 31.9 Å². The van der Waals surface area contributed by atoms with Crippen LogP contribution in [0, 0.1) is 5.92 Å². The largest absolute Gasteiger partial charge is 0.416 e. The Hall–Kier alpha value is -2.46. The summed E-state index contributed by atoms with van der Waals surface area (Å²) in [6, 6.07) is 5.46. The van der Waals surface area contributed by atoms with Gasteiger partial charge in [-0.3, -0.25) is 9.69 Å². The van der Waals surface area contributed by atoms with E-state index in [1.165, 1.54) is 6.07 Å². The van der Waals surface area contributed by atoms with Crippen LogP contribution in [0.5, 0.6) is 0 Å². The van der Waals surface area contributed by atoms with E-state index in [0.717, 1.165) is 37.8 Å². The molecule has 1 saturated heterocycles. The van der Waals surface area contributed by atoms with Crippen molar-refractivity contribution >= 4 is 5.91 Å². The number of hydrogen-bond donors (Lipinski definition) is 1. The van der Waals surface area contributed by atoms with Crippen molar-refractivity contribution in [1.82, 2.24) is 29.9 Å². The molecule has 0 bridgehead atoms. The number of hydrogen-bond acceptors (Lipinski definition) is 5. The van der Waals surface area contributed by atoms with Crippen molar-refractivity contribution < 1.29 is 18.0 Å². The number of fused-ring (bicyclic) bond motifs is 1. The molecule has 1 atom stereocenters. The maximum absolute atomic E-state index is 13.4. The van der Waals surface area contributed by atoms with Crippen molar-refractivity contribution in [3.8, 4) is 0 Å². The molecule has 7 nitrogen and oxygen atoms in total. The Bertz CT molecular complexity index is 967. The fourth-order valence-electron chi connectivity index (χ4n) is 4.71. The van der Waals surface area contributed by atoms with Crippen LogP contribution in [0.1, 0.15) is 48.6 Å². The molecular formula is C23H31F3N6O.